The van der Waals surface area contributed by atoms with Gasteiger partial charge in [-0.25, -0.2) is 31.2 Å². The summed E-state index contributed by atoms with van der Waals surface area (Å²) in [6.45, 7) is 3.60. The molecule has 0 saturated carbocycles. The summed E-state index contributed by atoms with van der Waals surface area (Å²) in [5.74, 6) is 0. The maximum absolute atomic E-state index is 3.60. The summed E-state index contributed by atoms with van der Waals surface area (Å²) < 4.78 is 0. The average Bonchev–Trinajstić information content (AvgIpc) is 2.78. The Bertz CT molecular complexity index is 310. The summed E-state index contributed by atoms with van der Waals surface area (Å²) in [7, 11) is 0. The minimum atomic E-state index is 0. The van der Waals surface area contributed by atoms with Crippen LogP contribution >= 0.6 is 0 Å². The third-order valence-electron chi connectivity index (χ3n) is 1.70. The van der Waals surface area contributed by atoms with Gasteiger partial charge in [-0.3, -0.25) is 6.08 Å². The summed E-state index contributed by atoms with van der Waals surface area (Å²) in [6.07, 6.45) is 13.8. The van der Waals surface area contributed by atoms with Crippen LogP contribution in [0.2, 0.25) is 0 Å². The minimum Gasteiger partial charge on any atom is -0.273 e. The molecule has 0 nitrogen and oxygen atoms in total. The maximum atomic E-state index is 3.60. The Labute approximate surface area is 106 Å². The molecule has 0 amide bonds. The van der Waals surface area contributed by atoms with E-state index < -0.39 is 0 Å². The van der Waals surface area contributed by atoms with E-state index >= 15 is 0 Å². The van der Waals surface area contributed by atoms with Gasteiger partial charge in [-0.05, 0) is 0 Å². The van der Waals surface area contributed by atoms with Gasteiger partial charge in [-0.2, -0.15) is 6.08 Å². The molecule has 0 fully saturated rings. The van der Waals surface area contributed by atoms with E-state index in [4.69, 9.17) is 0 Å². The van der Waals surface area contributed by atoms with Crippen LogP contribution in [0.25, 0.3) is 6.08 Å². The van der Waals surface area contributed by atoms with E-state index in [-0.39, 0.29) is 20.4 Å². The molecule has 1 aromatic rings. The normalized spacial score (nSPS) is 12.0. The second-order valence-electron chi connectivity index (χ2n) is 2.82. The molecule has 1 heteroatoms. The van der Waals surface area contributed by atoms with E-state index in [0.29, 0.717) is 0 Å². The number of hydrogen-bond donors (Lipinski definition) is 0. The summed E-state index contributed by atoms with van der Waals surface area (Å²) in [6, 6.07) is 10.1. The standard InChI is InChI=1S/C9H9.C5H5.Pd/c1-2-6-9-7-4-3-5-8-9;1-2-4-5-3-1;/h2-8H,1H2;1-3H,4H2;/q2*-1;+2/b6-2+;;. The van der Waals surface area contributed by atoms with Gasteiger partial charge in [0, 0.05) is 0 Å². The van der Waals surface area contributed by atoms with Crippen molar-refractivity contribution < 1.29 is 20.4 Å². The van der Waals surface area contributed by atoms with Crippen molar-refractivity contribution in [1.82, 2.24) is 0 Å². The largest absolute Gasteiger partial charge is 2.00 e. The van der Waals surface area contributed by atoms with Gasteiger partial charge < -0.3 is 0 Å². The molecular weight excluding hydrogens is 275 g/mol. The van der Waals surface area contributed by atoms with Crippen LogP contribution < -0.4 is 0 Å². The average molecular weight is 289 g/mol. The zero-order chi connectivity index (χ0) is 10.1. The Morgan fingerprint density at radius 2 is 1.93 bits per heavy atom. The van der Waals surface area contributed by atoms with Crippen LogP contribution in [0, 0.1) is 13.0 Å². The Morgan fingerprint density at radius 3 is 2.33 bits per heavy atom. The van der Waals surface area contributed by atoms with Crippen molar-refractivity contribution >= 4 is 6.08 Å². The second kappa shape index (κ2) is 9.52. The first-order valence-electron chi connectivity index (χ1n) is 4.66. The molecule has 15 heavy (non-hydrogen) atoms. The van der Waals surface area contributed by atoms with Crippen LogP contribution in [-0.2, 0) is 20.4 Å². The van der Waals surface area contributed by atoms with Gasteiger partial charge >= 0.3 is 20.4 Å². The van der Waals surface area contributed by atoms with Gasteiger partial charge in [0.05, 0.1) is 0 Å². The molecule has 0 atom stereocenters. The SMILES string of the molecule is [C-]1=CC=CC1.[CH2-]/C=C/c1ccccc1.[Pd+2]. The third kappa shape index (κ3) is 6.97. The first kappa shape index (κ1) is 14.0. The molecule has 0 saturated heterocycles. The molecule has 0 N–H and O–H groups in total. The van der Waals surface area contributed by atoms with E-state index in [2.05, 4.69) is 19.1 Å². The summed E-state index contributed by atoms with van der Waals surface area (Å²) in [5, 5.41) is 0. The predicted molar refractivity (Wildman–Crippen MR) is 62.4 cm³/mol. The topological polar surface area (TPSA) is 0 Å². The van der Waals surface area contributed by atoms with Crippen LogP contribution in [0.5, 0.6) is 0 Å². The molecule has 0 unspecified atom stereocenters. The van der Waals surface area contributed by atoms with E-state index in [1.165, 1.54) is 5.56 Å². The molecule has 0 heterocycles. The van der Waals surface area contributed by atoms with Crippen LogP contribution in [0.15, 0.2) is 54.6 Å². The molecule has 1 aromatic carbocycles. The van der Waals surface area contributed by atoms with Crippen LogP contribution in [-0.4, -0.2) is 0 Å². The van der Waals surface area contributed by atoms with Gasteiger partial charge in [-0.15, -0.1) is 12.0 Å². The zero-order valence-corrected chi connectivity index (χ0v) is 10.1. The first-order chi connectivity index (χ1) is 6.93. The Morgan fingerprint density at radius 1 is 1.20 bits per heavy atom. The van der Waals surface area contributed by atoms with Gasteiger partial charge in [0.25, 0.3) is 0 Å². The Balaban J connectivity index is 0.000000280. The molecule has 2 rings (SSSR count). The van der Waals surface area contributed by atoms with Crippen LogP contribution in [0.1, 0.15) is 12.0 Å². The smallest absolute Gasteiger partial charge is 0.273 e. The summed E-state index contributed by atoms with van der Waals surface area (Å²) in [4.78, 5) is 0. The molecule has 1 aliphatic carbocycles. The number of rotatable bonds is 1. The monoisotopic (exact) mass is 288 g/mol. The van der Waals surface area contributed by atoms with E-state index in [1.54, 1.807) is 6.08 Å². The maximum Gasteiger partial charge on any atom is 2.00 e. The fourth-order valence-electron chi connectivity index (χ4n) is 1.04. The number of hydrogen-bond acceptors (Lipinski definition) is 0. The van der Waals surface area contributed by atoms with E-state index in [0.717, 1.165) is 6.42 Å². The van der Waals surface area contributed by atoms with E-state index in [9.17, 15) is 0 Å². The quantitative estimate of drug-likeness (QED) is 0.544. The molecular formula is C14H14Pd. The molecule has 80 valence electrons. The predicted octanol–water partition coefficient (Wildman–Crippen LogP) is 3.84. The van der Waals surface area contributed by atoms with Crippen molar-refractivity contribution in [2.75, 3.05) is 0 Å². The minimum absolute atomic E-state index is 0. The van der Waals surface area contributed by atoms with Crippen molar-refractivity contribution in [3.63, 3.8) is 0 Å². The Hall–Kier alpha value is -1.03. The van der Waals surface area contributed by atoms with Gasteiger partial charge in [-0.1, -0.05) is 30.3 Å². The first-order valence-corrected chi connectivity index (χ1v) is 4.66. The molecule has 0 spiro atoms. The molecule has 0 aliphatic heterocycles. The van der Waals surface area contributed by atoms with Gasteiger partial charge in [0.15, 0.2) is 0 Å². The molecule has 1 aliphatic rings. The molecule has 0 aromatic heterocycles. The fraction of sp³-hybridized carbons (Fsp3) is 0.0714. The van der Waals surface area contributed by atoms with Gasteiger partial charge in [0.2, 0.25) is 0 Å². The molecule has 0 bridgehead atoms. The second-order valence-corrected chi connectivity index (χ2v) is 2.82. The summed E-state index contributed by atoms with van der Waals surface area (Å²) in [5.41, 5.74) is 1.20. The van der Waals surface area contributed by atoms with Crippen molar-refractivity contribution in [1.29, 1.82) is 0 Å². The van der Waals surface area contributed by atoms with Crippen molar-refractivity contribution in [2.45, 2.75) is 6.42 Å². The van der Waals surface area contributed by atoms with Gasteiger partial charge in [0.1, 0.15) is 0 Å². The van der Waals surface area contributed by atoms with Crippen molar-refractivity contribution in [3.05, 3.63) is 73.2 Å². The van der Waals surface area contributed by atoms with E-state index in [1.807, 2.05) is 48.6 Å². The van der Waals surface area contributed by atoms with Crippen molar-refractivity contribution in [3.8, 4) is 0 Å². The zero-order valence-electron chi connectivity index (χ0n) is 8.50. The van der Waals surface area contributed by atoms with Crippen LogP contribution in [0.4, 0.5) is 0 Å². The number of allylic oxidation sites excluding steroid dienone is 5. The third-order valence-corrected chi connectivity index (χ3v) is 1.70. The Kier molecular flexibility index (Phi) is 8.87. The van der Waals surface area contributed by atoms with Crippen molar-refractivity contribution in [2.24, 2.45) is 0 Å². The van der Waals surface area contributed by atoms with Crippen LogP contribution in [0.3, 0.4) is 0 Å². The summed E-state index contributed by atoms with van der Waals surface area (Å²) >= 11 is 0. The molecule has 0 radical (unpaired) electrons. The number of benzene rings is 1. The fourth-order valence-corrected chi connectivity index (χ4v) is 1.04.